The number of rotatable bonds is 4. The number of aliphatic hydroxyl groups is 1. The number of urea groups is 1. The third-order valence-corrected chi connectivity index (χ3v) is 1.81. The Kier molecular flexibility index (Phi) is 3.47. The van der Waals surface area contributed by atoms with Gasteiger partial charge in [0, 0.05) is 14.2 Å². The molecule has 1 N–H and O–H groups in total. The molecule has 1 rings (SSSR count). The van der Waals surface area contributed by atoms with Crippen LogP contribution in [-0.2, 0) is 9.47 Å². The number of carbonyl (C=O) groups excluding carboxylic acids is 1. The summed E-state index contributed by atoms with van der Waals surface area (Å²) in [5.74, 6) is 0. The lowest BCUT2D eigenvalue weighted by atomic mass is 10.5. The van der Waals surface area contributed by atoms with Crippen molar-refractivity contribution in [2.45, 2.75) is 6.23 Å². The summed E-state index contributed by atoms with van der Waals surface area (Å²) in [7, 11) is 2.97. The average molecular weight is 190 g/mol. The number of aliphatic hydroxyl groups excluding tert-OH is 1. The standard InChI is InChI=1S/C7H14N2O4/c1-12-4-8-3-6(10)9(5-13-2)7(8)11/h6,10H,3-5H2,1-2H3. The summed E-state index contributed by atoms with van der Waals surface area (Å²) in [5, 5.41) is 9.42. The third-order valence-electron chi connectivity index (χ3n) is 1.81. The molecule has 0 spiro atoms. The second kappa shape index (κ2) is 4.40. The van der Waals surface area contributed by atoms with Gasteiger partial charge in [0.15, 0.2) is 6.23 Å². The minimum Gasteiger partial charge on any atom is -0.371 e. The van der Waals surface area contributed by atoms with Gasteiger partial charge in [-0.05, 0) is 0 Å². The van der Waals surface area contributed by atoms with Crippen molar-refractivity contribution in [2.75, 3.05) is 34.2 Å². The fourth-order valence-electron chi connectivity index (χ4n) is 1.23. The van der Waals surface area contributed by atoms with Crippen LogP contribution in [0.3, 0.4) is 0 Å². The van der Waals surface area contributed by atoms with Crippen LogP contribution in [0, 0.1) is 0 Å². The van der Waals surface area contributed by atoms with Crippen LogP contribution in [0.5, 0.6) is 0 Å². The molecular weight excluding hydrogens is 176 g/mol. The Balaban J connectivity index is 2.53. The fraction of sp³-hybridized carbons (Fsp3) is 0.857. The molecule has 0 aromatic carbocycles. The summed E-state index contributed by atoms with van der Waals surface area (Å²) in [5.41, 5.74) is 0. The van der Waals surface area contributed by atoms with Crippen molar-refractivity contribution in [3.8, 4) is 0 Å². The van der Waals surface area contributed by atoms with E-state index in [9.17, 15) is 9.90 Å². The maximum atomic E-state index is 11.4. The first-order chi connectivity index (χ1) is 6.20. The van der Waals surface area contributed by atoms with E-state index in [1.807, 2.05) is 0 Å². The molecule has 1 aliphatic rings. The van der Waals surface area contributed by atoms with E-state index in [2.05, 4.69) is 0 Å². The van der Waals surface area contributed by atoms with E-state index in [1.165, 1.54) is 24.0 Å². The van der Waals surface area contributed by atoms with E-state index in [0.717, 1.165) is 0 Å². The number of ether oxygens (including phenoxy) is 2. The van der Waals surface area contributed by atoms with Crippen molar-refractivity contribution in [1.82, 2.24) is 9.80 Å². The molecule has 1 atom stereocenters. The largest absolute Gasteiger partial charge is 0.371 e. The summed E-state index contributed by atoms with van der Waals surface area (Å²) in [6, 6.07) is -0.267. The van der Waals surface area contributed by atoms with Crippen molar-refractivity contribution >= 4 is 6.03 Å². The zero-order valence-electron chi connectivity index (χ0n) is 7.77. The molecule has 13 heavy (non-hydrogen) atoms. The quantitative estimate of drug-likeness (QED) is 0.633. The Morgan fingerprint density at radius 3 is 2.62 bits per heavy atom. The van der Waals surface area contributed by atoms with Gasteiger partial charge in [0.2, 0.25) is 0 Å². The lowest BCUT2D eigenvalue weighted by Gasteiger charge is -2.17. The van der Waals surface area contributed by atoms with Gasteiger partial charge in [-0.25, -0.2) is 4.79 Å². The Hall–Kier alpha value is -0.850. The lowest BCUT2D eigenvalue weighted by Crippen LogP contribution is -2.36. The first kappa shape index (κ1) is 10.2. The lowest BCUT2D eigenvalue weighted by molar-refractivity contribution is -0.00541. The van der Waals surface area contributed by atoms with Crippen LogP contribution in [0.4, 0.5) is 4.79 Å². The van der Waals surface area contributed by atoms with Crippen LogP contribution < -0.4 is 0 Å². The van der Waals surface area contributed by atoms with E-state index >= 15 is 0 Å². The topological polar surface area (TPSA) is 62.2 Å². The summed E-state index contributed by atoms with van der Waals surface area (Å²) < 4.78 is 9.57. The zero-order chi connectivity index (χ0) is 9.84. The van der Waals surface area contributed by atoms with E-state index in [4.69, 9.17) is 9.47 Å². The number of carbonyl (C=O) groups is 1. The molecule has 0 radical (unpaired) electrons. The summed E-state index contributed by atoms with van der Waals surface area (Å²) >= 11 is 0. The van der Waals surface area contributed by atoms with E-state index in [0.29, 0.717) is 0 Å². The predicted octanol–water partition coefficient (Wildman–Crippen LogP) is -0.750. The second-order valence-electron chi connectivity index (χ2n) is 2.79. The van der Waals surface area contributed by atoms with Crippen LogP contribution in [0.25, 0.3) is 0 Å². The van der Waals surface area contributed by atoms with E-state index in [-0.39, 0.29) is 26.0 Å². The second-order valence-corrected chi connectivity index (χ2v) is 2.79. The maximum Gasteiger partial charge on any atom is 0.325 e. The van der Waals surface area contributed by atoms with E-state index < -0.39 is 6.23 Å². The Morgan fingerprint density at radius 2 is 2.08 bits per heavy atom. The van der Waals surface area contributed by atoms with Crippen LogP contribution in [0.15, 0.2) is 0 Å². The van der Waals surface area contributed by atoms with Gasteiger partial charge in [-0.15, -0.1) is 0 Å². The summed E-state index contributed by atoms with van der Waals surface area (Å²) in [6.45, 7) is 0.548. The summed E-state index contributed by atoms with van der Waals surface area (Å²) in [6.07, 6.45) is -0.803. The Labute approximate surface area is 76.6 Å². The van der Waals surface area contributed by atoms with Gasteiger partial charge in [-0.3, -0.25) is 9.80 Å². The molecule has 1 aliphatic heterocycles. The van der Waals surface area contributed by atoms with Gasteiger partial charge in [-0.1, -0.05) is 0 Å². The average Bonchev–Trinajstić information content (AvgIpc) is 2.34. The molecule has 0 aromatic heterocycles. The number of amides is 2. The fourth-order valence-corrected chi connectivity index (χ4v) is 1.23. The first-order valence-corrected chi connectivity index (χ1v) is 3.92. The highest BCUT2D eigenvalue weighted by Crippen LogP contribution is 2.13. The molecule has 1 unspecified atom stereocenters. The van der Waals surface area contributed by atoms with Gasteiger partial charge in [-0.2, -0.15) is 0 Å². The number of β-amino-alcohol motifs (C(OH)–C–C–N with tert-alkyl or cyclic N) is 1. The molecule has 6 heteroatoms. The molecule has 1 heterocycles. The monoisotopic (exact) mass is 190 g/mol. The summed E-state index contributed by atoms with van der Waals surface area (Å²) in [4.78, 5) is 14.1. The van der Waals surface area contributed by atoms with Crippen LogP contribution in [-0.4, -0.2) is 61.4 Å². The van der Waals surface area contributed by atoms with Crippen molar-refractivity contribution in [2.24, 2.45) is 0 Å². The van der Waals surface area contributed by atoms with Crippen molar-refractivity contribution in [3.05, 3.63) is 0 Å². The molecule has 1 saturated heterocycles. The predicted molar refractivity (Wildman–Crippen MR) is 43.7 cm³/mol. The number of hydrogen-bond acceptors (Lipinski definition) is 4. The zero-order valence-corrected chi connectivity index (χ0v) is 7.77. The van der Waals surface area contributed by atoms with Crippen LogP contribution in [0.2, 0.25) is 0 Å². The van der Waals surface area contributed by atoms with Gasteiger partial charge in [0.25, 0.3) is 0 Å². The molecule has 1 fully saturated rings. The molecule has 0 aliphatic carbocycles. The highest BCUT2D eigenvalue weighted by molar-refractivity contribution is 5.76. The van der Waals surface area contributed by atoms with Crippen molar-refractivity contribution in [3.63, 3.8) is 0 Å². The van der Waals surface area contributed by atoms with Crippen molar-refractivity contribution < 1.29 is 19.4 Å². The molecule has 0 aromatic rings. The molecule has 2 amide bonds. The minimum absolute atomic E-state index is 0.0974. The molecule has 0 bridgehead atoms. The molecule has 6 nitrogen and oxygen atoms in total. The molecule has 76 valence electrons. The number of nitrogens with zero attached hydrogens (tertiary/aromatic N) is 2. The highest BCUT2D eigenvalue weighted by Gasteiger charge is 2.35. The first-order valence-electron chi connectivity index (χ1n) is 3.92. The minimum atomic E-state index is -0.803. The van der Waals surface area contributed by atoms with E-state index in [1.54, 1.807) is 0 Å². The molecular formula is C7H14N2O4. The van der Waals surface area contributed by atoms with Crippen molar-refractivity contribution in [1.29, 1.82) is 0 Å². The van der Waals surface area contributed by atoms with Gasteiger partial charge in [0.1, 0.15) is 13.5 Å². The van der Waals surface area contributed by atoms with Crippen LogP contribution >= 0.6 is 0 Å². The number of hydrogen-bond donors (Lipinski definition) is 1. The molecule has 0 saturated carbocycles. The van der Waals surface area contributed by atoms with Crippen LogP contribution in [0.1, 0.15) is 0 Å². The van der Waals surface area contributed by atoms with Gasteiger partial charge in [0.05, 0.1) is 6.54 Å². The third kappa shape index (κ3) is 2.09. The maximum absolute atomic E-state index is 11.4. The Morgan fingerprint density at radius 1 is 1.46 bits per heavy atom. The van der Waals surface area contributed by atoms with Gasteiger partial charge < -0.3 is 14.6 Å². The number of methoxy groups -OCH3 is 2. The van der Waals surface area contributed by atoms with Gasteiger partial charge >= 0.3 is 6.03 Å². The SMILES string of the molecule is COCN1CC(O)N(COC)C1=O. The smallest absolute Gasteiger partial charge is 0.325 e. The highest BCUT2D eigenvalue weighted by atomic mass is 16.5. The normalized spacial score (nSPS) is 23.0. The Bertz CT molecular complexity index is 187.